The molecule has 0 aromatic rings. The minimum atomic E-state index is 0. The maximum Gasteiger partial charge on any atom is 0.177 e. The van der Waals surface area contributed by atoms with Crippen LogP contribution in [0.5, 0.6) is 0 Å². The highest BCUT2D eigenvalue weighted by molar-refractivity contribution is 6.04. The van der Waals surface area contributed by atoms with Gasteiger partial charge in [0, 0.05) is 31.5 Å². The summed E-state index contributed by atoms with van der Waals surface area (Å²) in [5, 5.41) is 6.75. The third kappa shape index (κ3) is 254. The Hall–Kier alpha value is 0.0847. The van der Waals surface area contributed by atoms with Crippen molar-refractivity contribution in [2.24, 2.45) is 11.5 Å². The van der Waals surface area contributed by atoms with Crippen molar-refractivity contribution >= 4 is 40.8 Å². The summed E-state index contributed by atoms with van der Waals surface area (Å²) in [7, 11) is 21.8. The van der Waals surface area contributed by atoms with Crippen molar-refractivity contribution < 1.29 is 6.16 Å². The van der Waals surface area contributed by atoms with E-state index in [2.05, 4.69) is 51.1 Å². The number of nitrogens with two attached hydrogens (primary N) is 2. The summed E-state index contributed by atoms with van der Waals surface area (Å²) < 4.78 is 4.94. The highest BCUT2D eigenvalue weighted by Crippen LogP contribution is 1.98. The van der Waals surface area contributed by atoms with Crippen LogP contribution in [-0.4, -0.2) is 89.2 Å². The van der Waals surface area contributed by atoms with Crippen LogP contribution >= 0.6 is 0 Å². The molecule has 1 heterocycles. The first-order valence-electron chi connectivity index (χ1n) is 5.60. The standard InChI is InChI=1S/C4H8O.3CH4BN.2CH5N.CH4.2B.H2/c1-2-4-5-3-1;3*1-3-2;2*1-2;;;;/h1-4H2;3*3H,1H3;2*2H2,1H3;1H4;;;1H/i;;;;;;;;;1+1. The van der Waals surface area contributed by atoms with E-state index in [0.29, 0.717) is 0 Å². The van der Waals surface area contributed by atoms with Gasteiger partial charge >= 0.3 is 0 Å². The Morgan fingerprint density at radius 3 is 0.952 bits per heavy atom. The van der Waals surface area contributed by atoms with Gasteiger partial charge in [0.05, 0.1) is 0 Å². The molecule has 122 valence electrons. The fourth-order valence-corrected chi connectivity index (χ4v) is 0.510. The minimum Gasteiger partial charge on any atom is -0.381 e. The van der Waals surface area contributed by atoms with Gasteiger partial charge < -0.3 is 31.9 Å². The highest BCUT2D eigenvalue weighted by Gasteiger charge is 1.94. The Bertz CT molecular complexity index is 73.3. The van der Waals surface area contributed by atoms with Gasteiger partial charge in [0.15, 0.2) is 23.9 Å². The first-order chi connectivity index (χ1) is 8.74. The normalized spacial score (nSPS) is 8.71. The summed E-state index contributed by atoms with van der Waals surface area (Å²) in [5.41, 5.74) is 9.00. The summed E-state index contributed by atoms with van der Waals surface area (Å²) in [6, 6.07) is 0. The summed E-state index contributed by atoms with van der Waals surface area (Å²) in [6.45, 7) is 2.00. The Morgan fingerprint density at radius 2 is 0.905 bits per heavy atom. The van der Waals surface area contributed by atoms with Gasteiger partial charge in [-0.25, -0.2) is 0 Å². The second kappa shape index (κ2) is 112. The van der Waals surface area contributed by atoms with Crippen molar-refractivity contribution in [2.75, 3.05) is 48.5 Å². The lowest BCUT2D eigenvalue weighted by molar-refractivity contribution is 0.198. The fraction of sp³-hybridized carbons (Fsp3) is 1.00. The van der Waals surface area contributed by atoms with Gasteiger partial charge in [-0.1, -0.05) is 7.43 Å². The molecule has 0 aliphatic carbocycles. The molecular weight excluding hydrogens is 260 g/mol. The highest BCUT2D eigenvalue weighted by atomic mass is 16.5. The predicted octanol–water partition coefficient (Wildman–Crippen LogP) is -2.06. The summed E-state index contributed by atoms with van der Waals surface area (Å²) in [6.07, 6.45) is 2.56. The first kappa shape index (κ1) is 49.7. The number of hydrogen-bond donors (Lipinski definition) is 5. The molecule has 7 N–H and O–H groups in total. The fourth-order valence-electron chi connectivity index (χ4n) is 0.510. The molecule has 1 aliphatic heterocycles. The SMILES string of the molecule is C.C1CCOC1.CN.CN.[2HH].[B].[B].[B]NC.[B]NC.[B]NC. The summed E-state index contributed by atoms with van der Waals surface area (Å²) in [5.74, 6) is 0. The molecule has 12 radical (unpaired) electrons. The van der Waals surface area contributed by atoms with Crippen molar-refractivity contribution in [3.8, 4) is 0 Å². The van der Waals surface area contributed by atoms with Crippen LogP contribution in [0.25, 0.3) is 0 Å². The molecule has 0 amide bonds. The summed E-state index contributed by atoms with van der Waals surface area (Å²) in [4.78, 5) is 0. The zero-order valence-corrected chi connectivity index (χ0v) is 13.8. The Labute approximate surface area is 143 Å². The van der Waals surface area contributed by atoms with Crippen LogP contribution in [0, 0.1) is 0 Å². The van der Waals surface area contributed by atoms with Gasteiger partial charge in [-0.05, 0) is 48.1 Å². The van der Waals surface area contributed by atoms with Gasteiger partial charge in [-0.2, -0.15) is 0 Å². The first-order valence-corrected chi connectivity index (χ1v) is 5.60. The van der Waals surface area contributed by atoms with E-state index >= 15 is 0 Å². The van der Waals surface area contributed by atoms with Gasteiger partial charge in [-0.3, -0.25) is 0 Å². The van der Waals surface area contributed by atoms with Crippen LogP contribution in [-0.2, 0) is 4.74 Å². The van der Waals surface area contributed by atoms with Crippen LogP contribution in [0.15, 0.2) is 0 Å². The van der Waals surface area contributed by atoms with Gasteiger partial charge in [0.1, 0.15) is 0 Å². The number of ether oxygens (including phenoxy) is 1. The second-order valence-corrected chi connectivity index (χ2v) is 2.19. The molecule has 11 heteroatoms. The topological polar surface area (TPSA) is 97.4 Å². The van der Waals surface area contributed by atoms with E-state index in [-0.39, 0.29) is 25.7 Å². The number of hydrogen-bond acceptors (Lipinski definition) is 6. The van der Waals surface area contributed by atoms with Crippen LogP contribution in [0.2, 0.25) is 0 Å². The monoisotopic (exact) mass is 298 g/mol. The molecule has 0 aromatic heterocycles. The molecule has 1 saturated heterocycles. The number of rotatable bonds is 0. The van der Waals surface area contributed by atoms with E-state index in [9.17, 15) is 0 Å². The lowest BCUT2D eigenvalue weighted by Crippen LogP contribution is -1.93. The second-order valence-electron chi connectivity index (χ2n) is 2.19. The molecular formula is C10H36B5N5O. The van der Waals surface area contributed by atoms with Crippen LogP contribution in [0.3, 0.4) is 0 Å². The van der Waals surface area contributed by atoms with Crippen LogP contribution in [0.1, 0.15) is 21.7 Å². The Morgan fingerprint density at radius 1 is 0.762 bits per heavy atom. The van der Waals surface area contributed by atoms with Crippen molar-refractivity contribution in [3.05, 3.63) is 0 Å². The van der Waals surface area contributed by atoms with Crippen molar-refractivity contribution in [1.29, 1.82) is 0 Å². The maximum absolute atomic E-state index is 4.94. The van der Waals surface area contributed by atoms with E-state index in [1.165, 1.54) is 26.9 Å². The molecule has 0 bridgehead atoms. The van der Waals surface area contributed by atoms with Gasteiger partial charge in [-0.15, -0.1) is 0 Å². The smallest absolute Gasteiger partial charge is 0.177 e. The van der Waals surface area contributed by atoms with Crippen molar-refractivity contribution in [3.63, 3.8) is 0 Å². The van der Waals surface area contributed by atoms with Gasteiger partial charge in [0.25, 0.3) is 0 Å². The largest absolute Gasteiger partial charge is 0.381 e. The molecule has 0 spiro atoms. The predicted molar refractivity (Wildman–Crippen MR) is 105 cm³/mol. The Kier molecular flexibility index (Phi) is 265. The third-order valence-corrected chi connectivity index (χ3v) is 0.827. The van der Waals surface area contributed by atoms with E-state index in [4.69, 9.17) is 4.74 Å². The van der Waals surface area contributed by atoms with Gasteiger partial charge in [0.2, 0.25) is 0 Å². The average molecular weight is 297 g/mol. The molecule has 1 aliphatic rings. The zero-order valence-electron chi connectivity index (χ0n) is 13.8. The van der Waals surface area contributed by atoms with Crippen LogP contribution in [0.4, 0.5) is 0 Å². The lowest BCUT2D eigenvalue weighted by Gasteiger charge is -1.76. The summed E-state index contributed by atoms with van der Waals surface area (Å²) >= 11 is 0. The molecule has 0 aromatic carbocycles. The molecule has 21 heavy (non-hydrogen) atoms. The van der Waals surface area contributed by atoms with Crippen molar-refractivity contribution in [2.45, 2.75) is 20.3 Å². The average Bonchev–Trinajstić information content (AvgIpc) is 2.95. The molecule has 1 fully saturated rings. The molecule has 0 atom stereocenters. The Balaban J connectivity index is -0.0000000132. The maximum atomic E-state index is 4.94. The molecule has 0 saturated carbocycles. The third-order valence-electron chi connectivity index (χ3n) is 0.827. The quantitative estimate of drug-likeness (QED) is 0.330. The van der Waals surface area contributed by atoms with E-state index < -0.39 is 0 Å². The van der Waals surface area contributed by atoms with Crippen LogP contribution < -0.4 is 27.2 Å². The molecule has 0 unspecified atom stereocenters. The van der Waals surface area contributed by atoms with E-state index in [0.717, 1.165) is 13.2 Å². The van der Waals surface area contributed by atoms with Crippen molar-refractivity contribution in [1.82, 2.24) is 15.7 Å². The van der Waals surface area contributed by atoms with E-state index in [1.54, 1.807) is 21.1 Å². The minimum absolute atomic E-state index is 0. The molecule has 6 nitrogen and oxygen atoms in total. The zero-order chi connectivity index (χ0) is 15.7. The van der Waals surface area contributed by atoms with E-state index in [1.807, 2.05) is 0 Å². The lowest BCUT2D eigenvalue weighted by atomic mass is 10.4. The molecule has 1 rings (SSSR count). The number of nitrogens with one attached hydrogen (secondary N) is 3.